The van der Waals surface area contributed by atoms with E-state index in [0.29, 0.717) is 23.4 Å². The van der Waals surface area contributed by atoms with Crippen molar-refractivity contribution in [3.8, 4) is 0 Å². The molecule has 0 spiro atoms. The van der Waals surface area contributed by atoms with E-state index in [2.05, 4.69) is 114 Å². The molecule has 2 aliphatic heterocycles. The molecule has 6 heteroatoms. The fourth-order valence-corrected chi connectivity index (χ4v) is 8.41. The van der Waals surface area contributed by atoms with E-state index in [-0.39, 0.29) is 13.5 Å². The number of carbonyl (C=O) groups is 1. The zero-order valence-electron chi connectivity index (χ0n) is 33.4. The number of likely N-dealkylation sites (tertiary alicyclic amines) is 1. The summed E-state index contributed by atoms with van der Waals surface area (Å²) in [6.07, 6.45) is 6.33. The standard InChI is InChI=1S/C25H28N2O.C17H21N.C8H7NO.CH4/c1-18-7-5-10-22(15-18)26-25(28)27-14-13-20(17-27)16-19(2)23-12-6-9-21-8-3-4-11-24(21)23;1-13(11-14-9-10-18-12-14)16-8-4-6-15-5-2-3-7-17(15)16;1-7-3-2-4-8(5-7)9-6-10;/h3-12,15,19-20H,13-14,16-17H2,1-2H3,(H,26,28);2-8,13-14,18H,9-12H2,1H3;2-5H,1H3;1H4/t19-,20+;13-,14+;;/m00../s1. The number of aryl methyl sites for hydroxylation is 2. The Bertz CT molecular complexity index is 2240. The number of nitrogens with one attached hydrogen (secondary N) is 2. The van der Waals surface area contributed by atoms with E-state index in [1.807, 2.05) is 61.2 Å². The van der Waals surface area contributed by atoms with Crippen LogP contribution in [0.5, 0.6) is 0 Å². The van der Waals surface area contributed by atoms with Crippen molar-refractivity contribution in [3.05, 3.63) is 156 Å². The number of isocyanates is 1. The topological polar surface area (TPSA) is 73.8 Å². The van der Waals surface area contributed by atoms with Gasteiger partial charge in [-0.25, -0.2) is 9.59 Å². The van der Waals surface area contributed by atoms with Gasteiger partial charge in [-0.3, -0.25) is 0 Å². The van der Waals surface area contributed by atoms with Crippen molar-refractivity contribution in [2.24, 2.45) is 16.8 Å². The Morgan fingerprint density at radius 3 is 1.88 bits per heavy atom. The minimum Gasteiger partial charge on any atom is -0.324 e. The second kappa shape index (κ2) is 21.1. The molecular weight excluding hydrogens is 701 g/mol. The third-order valence-corrected chi connectivity index (χ3v) is 11.3. The number of hydrogen-bond donors (Lipinski definition) is 2. The first-order chi connectivity index (χ1) is 27.3. The van der Waals surface area contributed by atoms with Gasteiger partial charge >= 0.3 is 6.03 Å². The van der Waals surface area contributed by atoms with E-state index in [4.69, 9.17) is 0 Å². The number of hydrogen-bond acceptors (Lipinski definition) is 4. The Morgan fingerprint density at radius 2 is 1.30 bits per heavy atom. The van der Waals surface area contributed by atoms with Crippen LogP contribution in [0.25, 0.3) is 21.5 Å². The molecule has 2 saturated heterocycles. The fourth-order valence-electron chi connectivity index (χ4n) is 8.41. The van der Waals surface area contributed by atoms with Gasteiger partial charge in [0.25, 0.3) is 0 Å². The lowest BCUT2D eigenvalue weighted by atomic mass is 9.87. The lowest BCUT2D eigenvalue weighted by molar-refractivity contribution is 0.220. The predicted molar refractivity (Wildman–Crippen MR) is 241 cm³/mol. The molecule has 2 aliphatic rings. The minimum atomic E-state index is 0. The highest BCUT2D eigenvalue weighted by Crippen LogP contribution is 2.34. The van der Waals surface area contributed by atoms with Crippen molar-refractivity contribution in [2.75, 3.05) is 31.5 Å². The average Bonchev–Trinajstić information content (AvgIpc) is 3.91. The average molecular weight is 761 g/mol. The summed E-state index contributed by atoms with van der Waals surface area (Å²) >= 11 is 0. The highest BCUT2D eigenvalue weighted by molar-refractivity contribution is 5.90. The third kappa shape index (κ3) is 12.0. The van der Waals surface area contributed by atoms with Crippen LogP contribution in [0.2, 0.25) is 0 Å². The lowest BCUT2D eigenvalue weighted by Crippen LogP contribution is -2.33. The fraction of sp³-hybridized carbons (Fsp3) is 0.333. The number of carbonyl (C=O) groups excluding carboxylic acids is 2. The summed E-state index contributed by atoms with van der Waals surface area (Å²) in [4.78, 5) is 27.8. The Balaban J connectivity index is 0.000000182. The summed E-state index contributed by atoms with van der Waals surface area (Å²) in [5.74, 6) is 2.55. The molecule has 0 aliphatic carbocycles. The number of urea groups is 1. The Kier molecular flexibility index (Phi) is 15.8. The van der Waals surface area contributed by atoms with Gasteiger partial charge < -0.3 is 15.5 Å². The van der Waals surface area contributed by atoms with Gasteiger partial charge in [0.1, 0.15) is 0 Å². The van der Waals surface area contributed by atoms with Crippen LogP contribution in [0.1, 0.15) is 81.0 Å². The van der Waals surface area contributed by atoms with E-state index < -0.39 is 0 Å². The van der Waals surface area contributed by atoms with Crippen LogP contribution < -0.4 is 10.6 Å². The van der Waals surface area contributed by atoms with Gasteiger partial charge in [-0.05, 0) is 144 Å². The van der Waals surface area contributed by atoms with Gasteiger partial charge in [0.05, 0.1) is 5.69 Å². The zero-order valence-corrected chi connectivity index (χ0v) is 33.4. The summed E-state index contributed by atoms with van der Waals surface area (Å²) in [6.45, 7) is 12.8. The minimum absolute atomic E-state index is 0. The first-order valence-corrected chi connectivity index (χ1v) is 20.2. The van der Waals surface area contributed by atoms with Gasteiger partial charge in [0.15, 0.2) is 0 Å². The molecule has 4 atom stereocenters. The maximum Gasteiger partial charge on any atom is 0.321 e. The normalized spacial score (nSPS) is 16.9. The van der Waals surface area contributed by atoms with Crippen LogP contribution in [0.3, 0.4) is 0 Å². The van der Waals surface area contributed by atoms with E-state index >= 15 is 0 Å². The molecule has 0 unspecified atom stereocenters. The van der Waals surface area contributed by atoms with Crippen molar-refractivity contribution in [2.45, 2.75) is 72.6 Å². The van der Waals surface area contributed by atoms with Gasteiger partial charge in [0.2, 0.25) is 6.08 Å². The SMILES string of the molecule is C.C[C@@H](C[C@H]1CCNC1)c1cccc2ccccc12.Cc1cccc(N=C=O)c1.Cc1cccc(NC(=O)N2CC[C@H](C[C@H](C)c3cccc4ccccc34)C2)c1. The Morgan fingerprint density at radius 1 is 0.737 bits per heavy atom. The number of rotatable bonds is 8. The molecule has 8 rings (SSSR count). The Hall–Kier alpha value is -5.55. The van der Waals surface area contributed by atoms with Gasteiger partial charge in [0, 0.05) is 18.8 Å². The van der Waals surface area contributed by atoms with Crippen molar-refractivity contribution in [1.82, 2.24) is 10.2 Å². The maximum atomic E-state index is 12.6. The second-order valence-corrected chi connectivity index (χ2v) is 15.7. The van der Waals surface area contributed by atoms with Crippen LogP contribution in [-0.4, -0.2) is 43.2 Å². The molecule has 0 radical (unpaired) electrons. The molecule has 0 aromatic heterocycles. The highest BCUT2D eigenvalue weighted by Gasteiger charge is 2.28. The molecule has 57 heavy (non-hydrogen) atoms. The molecule has 2 fully saturated rings. The molecule has 0 saturated carbocycles. The lowest BCUT2D eigenvalue weighted by Gasteiger charge is -2.20. The van der Waals surface area contributed by atoms with Crippen LogP contribution in [-0.2, 0) is 4.79 Å². The summed E-state index contributed by atoms with van der Waals surface area (Å²) in [7, 11) is 0. The number of nitrogens with zero attached hydrogens (tertiary/aromatic N) is 2. The molecule has 0 bridgehead atoms. The van der Waals surface area contributed by atoms with Crippen LogP contribution in [0.4, 0.5) is 16.2 Å². The number of fused-ring (bicyclic) bond motifs is 2. The van der Waals surface area contributed by atoms with Crippen molar-refractivity contribution < 1.29 is 9.59 Å². The second-order valence-electron chi connectivity index (χ2n) is 15.7. The largest absolute Gasteiger partial charge is 0.324 e. The molecule has 2 amide bonds. The van der Waals surface area contributed by atoms with E-state index in [1.54, 1.807) is 6.07 Å². The zero-order chi connectivity index (χ0) is 39.3. The van der Waals surface area contributed by atoms with Crippen molar-refractivity contribution in [1.29, 1.82) is 0 Å². The van der Waals surface area contributed by atoms with Gasteiger partial charge in [-0.1, -0.05) is 130 Å². The number of amides is 2. The van der Waals surface area contributed by atoms with Gasteiger partial charge in [-0.15, -0.1) is 0 Å². The molecule has 296 valence electrons. The molecule has 2 N–H and O–H groups in total. The third-order valence-electron chi connectivity index (χ3n) is 11.3. The van der Waals surface area contributed by atoms with E-state index in [0.717, 1.165) is 48.7 Å². The molecule has 6 nitrogen and oxygen atoms in total. The number of benzene rings is 6. The molecule has 2 heterocycles. The smallest absolute Gasteiger partial charge is 0.321 e. The Labute approximate surface area is 340 Å². The molecule has 6 aromatic carbocycles. The predicted octanol–water partition coefficient (Wildman–Crippen LogP) is 12.7. The molecular formula is C51H60N4O2. The van der Waals surface area contributed by atoms with Crippen LogP contribution in [0, 0.1) is 25.7 Å². The summed E-state index contributed by atoms with van der Waals surface area (Å²) in [6, 6.07) is 46.0. The first kappa shape index (κ1) is 42.6. The van der Waals surface area contributed by atoms with Crippen molar-refractivity contribution >= 4 is 45.0 Å². The quantitative estimate of drug-likeness (QED) is 0.120. The summed E-state index contributed by atoms with van der Waals surface area (Å²) < 4.78 is 0. The summed E-state index contributed by atoms with van der Waals surface area (Å²) in [5, 5.41) is 12.0. The van der Waals surface area contributed by atoms with Crippen LogP contribution in [0.15, 0.2) is 138 Å². The van der Waals surface area contributed by atoms with Crippen LogP contribution >= 0.6 is 0 Å². The highest BCUT2D eigenvalue weighted by atomic mass is 16.2. The maximum absolute atomic E-state index is 12.6. The van der Waals surface area contributed by atoms with Crippen molar-refractivity contribution in [3.63, 3.8) is 0 Å². The van der Waals surface area contributed by atoms with E-state index in [9.17, 15) is 9.59 Å². The number of aliphatic imine (C=N–C) groups is 1. The monoisotopic (exact) mass is 760 g/mol. The first-order valence-electron chi connectivity index (χ1n) is 20.2. The molecule has 6 aromatic rings. The number of anilines is 1. The van der Waals surface area contributed by atoms with E-state index in [1.165, 1.54) is 64.7 Å². The van der Waals surface area contributed by atoms with Gasteiger partial charge in [-0.2, -0.15) is 4.99 Å². The summed E-state index contributed by atoms with van der Waals surface area (Å²) in [5.41, 5.74) is 6.71.